The zero-order valence-corrected chi connectivity index (χ0v) is 11.6. The fourth-order valence-electron chi connectivity index (χ4n) is 1.38. The maximum atomic E-state index is 11.4. The highest BCUT2D eigenvalue weighted by Gasteiger charge is 2.02. The predicted molar refractivity (Wildman–Crippen MR) is 74.5 cm³/mol. The van der Waals surface area contributed by atoms with Crippen molar-refractivity contribution >= 4 is 29.1 Å². The molecule has 0 saturated carbocycles. The minimum atomic E-state index is -0.124. The molecule has 18 heavy (non-hydrogen) atoms. The van der Waals surface area contributed by atoms with E-state index in [1.165, 1.54) is 0 Å². The molecule has 0 aliphatic carbocycles. The van der Waals surface area contributed by atoms with E-state index in [9.17, 15) is 4.79 Å². The molecular weight excluding hydrogens is 273 g/mol. The van der Waals surface area contributed by atoms with Gasteiger partial charge in [-0.25, -0.2) is 0 Å². The number of rotatable bonds is 8. The molecular formula is C13H17Cl2NO2. The quantitative estimate of drug-likeness (QED) is 0.589. The normalized spacial score (nSPS) is 10.1. The van der Waals surface area contributed by atoms with Gasteiger partial charge in [0.05, 0.1) is 0 Å². The Labute approximate surface area is 117 Å². The van der Waals surface area contributed by atoms with Crippen LogP contribution < -0.4 is 10.1 Å². The minimum absolute atomic E-state index is 0.00977. The topological polar surface area (TPSA) is 38.3 Å². The monoisotopic (exact) mass is 289 g/mol. The third kappa shape index (κ3) is 6.72. The van der Waals surface area contributed by atoms with Crippen molar-refractivity contribution in [1.29, 1.82) is 0 Å². The first kappa shape index (κ1) is 15.1. The molecule has 1 N–H and O–H groups in total. The molecule has 0 aromatic heterocycles. The number of unbranched alkanes of at least 4 members (excludes halogenated alkanes) is 2. The van der Waals surface area contributed by atoms with Gasteiger partial charge < -0.3 is 10.1 Å². The summed E-state index contributed by atoms with van der Waals surface area (Å²) < 4.78 is 5.31. The number of hydrogen-bond donors (Lipinski definition) is 1. The van der Waals surface area contributed by atoms with Crippen molar-refractivity contribution in [3.63, 3.8) is 0 Å². The molecule has 1 amide bonds. The van der Waals surface area contributed by atoms with Crippen LogP contribution in [-0.2, 0) is 4.79 Å². The molecule has 100 valence electrons. The standard InChI is InChI=1S/C13H17Cl2NO2/c14-7-2-1-3-8-16-13(17)10-18-12-6-4-5-11(15)9-12/h4-6,9H,1-3,7-8,10H2,(H,16,17). The zero-order valence-electron chi connectivity index (χ0n) is 10.1. The molecule has 0 spiro atoms. The molecule has 5 heteroatoms. The van der Waals surface area contributed by atoms with Crippen molar-refractivity contribution in [2.45, 2.75) is 19.3 Å². The lowest BCUT2D eigenvalue weighted by Crippen LogP contribution is -2.29. The number of halogens is 2. The van der Waals surface area contributed by atoms with Crippen LogP contribution in [0.1, 0.15) is 19.3 Å². The average molecular weight is 290 g/mol. The van der Waals surface area contributed by atoms with Gasteiger partial charge in [0.25, 0.3) is 5.91 Å². The molecule has 1 aromatic rings. The Hall–Kier alpha value is -0.930. The fourth-order valence-corrected chi connectivity index (χ4v) is 1.75. The van der Waals surface area contributed by atoms with Gasteiger partial charge in [-0.2, -0.15) is 0 Å². The first-order valence-electron chi connectivity index (χ1n) is 5.93. The molecule has 0 heterocycles. The Morgan fingerprint density at radius 3 is 2.83 bits per heavy atom. The smallest absolute Gasteiger partial charge is 0.257 e. The van der Waals surface area contributed by atoms with Crippen LogP contribution in [0.4, 0.5) is 0 Å². The molecule has 3 nitrogen and oxygen atoms in total. The van der Waals surface area contributed by atoms with Crippen LogP contribution in [0.3, 0.4) is 0 Å². The summed E-state index contributed by atoms with van der Waals surface area (Å²) in [5, 5.41) is 3.38. The van der Waals surface area contributed by atoms with Crippen LogP contribution in [-0.4, -0.2) is 24.9 Å². The van der Waals surface area contributed by atoms with Gasteiger partial charge in [-0.1, -0.05) is 24.1 Å². The van der Waals surface area contributed by atoms with Crippen molar-refractivity contribution in [1.82, 2.24) is 5.32 Å². The second-order valence-corrected chi connectivity index (χ2v) is 4.66. The number of alkyl halides is 1. The molecule has 0 aliphatic heterocycles. The van der Waals surface area contributed by atoms with E-state index in [-0.39, 0.29) is 12.5 Å². The maximum absolute atomic E-state index is 11.4. The van der Waals surface area contributed by atoms with Gasteiger partial charge in [-0.3, -0.25) is 4.79 Å². The third-order valence-electron chi connectivity index (χ3n) is 2.30. The number of hydrogen-bond acceptors (Lipinski definition) is 2. The van der Waals surface area contributed by atoms with Gasteiger partial charge in [0, 0.05) is 17.4 Å². The highest BCUT2D eigenvalue weighted by Crippen LogP contribution is 2.16. The first-order valence-corrected chi connectivity index (χ1v) is 6.84. The molecule has 0 saturated heterocycles. The van der Waals surface area contributed by atoms with Gasteiger partial charge in [-0.15, -0.1) is 11.6 Å². The van der Waals surface area contributed by atoms with Crippen LogP contribution in [0.5, 0.6) is 5.75 Å². The lowest BCUT2D eigenvalue weighted by atomic mass is 10.2. The second kappa shape index (κ2) is 9.06. The Morgan fingerprint density at radius 1 is 1.28 bits per heavy atom. The van der Waals surface area contributed by atoms with Crippen molar-refractivity contribution in [3.05, 3.63) is 29.3 Å². The van der Waals surface area contributed by atoms with Crippen molar-refractivity contribution in [2.24, 2.45) is 0 Å². The number of carbonyl (C=O) groups is 1. The van der Waals surface area contributed by atoms with Crippen molar-refractivity contribution in [3.8, 4) is 5.75 Å². The first-order chi connectivity index (χ1) is 8.72. The average Bonchev–Trinajstić information content (AvgIpc) is 2.36. The summed E-state index contributed by atoms with van der Waals surface area (Å²) in [4.78, 5) is 11.4. The predicted octanol–water partition coefficient (Wildman–Crippen LogP) is 3.24. The number of carbonyl (C=O) groups excluding carboxylic acids is 1. The Balaban J connectivity index is 2.13. The summed E-state index contributed by atoms with van der Waals surface area (Å²) in [6.07, 6.45) is 2.95. The van der Waals surface area contributed by atoms with Crippen molar-refractivity contribution < 1.29 is 9.53 Å². The van der Waals surface area contributed by atoms with Crippen LogP contribution in [0.25, 0.3) is 0 Å². The molecule has 0 unspecified atom stereocenters. The summed E-state index contributed by atoms with van der Waals surface area (Å²) in [5.41, 5.74) is 0. The number of amides is 1. The Bertz CT molecular complexity index is 372. The summed E-state index contributed by atoms with van der Waals surface area (Å²) in [5.74, 6) is 1.15. The summed E-state index contributed by atoms with van der Waals surface area (Å²) in [6.45, 7) is 0.671. The molecule has 1 aromatic carbocycles. The molecule has 0 bridgehead atoms. The van der Waals surface area contributed by atoms with Gasteiger partial charge in [0.1, 0.15) is 5.75 Å². The van der Waals surface area contributed by atoms with E-state index in [0.29, 0.717) is 23.2 Å². The lowest BCUT2D eigenvalue weighted by Gasteiger charge is -2.07. The highest BCUT2D eigenvalue weighted by atomic mass is 35.5. The van der Waals surface area contributed by atoms with E-state index in [2.05, 4.69) is 5.32 Å². The SMILES string of the molecule is O=C(COc1cccc(Cl)c1)NCCCCCCl. The molecule has 0 aliphatic rings. The van der Waals surface area contributed by atoms with E-state index < -0.39 is 0 Å². The number of ether oxygens (including phenoxy) is 1. The van der Waals surface area contributed by atoms with Gasteiger partial charge in [0.2, 0.25) is 0 Å². The van der Waals surface area contributed by atoms with Gasteiger partial charge >= 0.3 is 0 Å². The second-order valence-electron chi connectivity index (χ2n) is 3.85. The summed E-state index contributed by atoms with van der Waals surface area (Å²) in [6, 6.07) is 6.97. The van der Waals surface area contributed by atoms with Crippen LogP contribution in [0.15, 0.2) is 24.3 Å². The zero-order chi connectivity index (χ0) is 13.2. The fraction of sp³-hybridized carbons (Fsp3) is 0.462. The van der Waals surface area contributed by atoms with Crippen molar-refractivity contribution in [2.75, 3.05) is 19.0 Å². The maximum Gasteiger partial charge on any atom is 0.257 e. The van der Waals surface area contributed by atoms with E-state index in [4.69, 9.17) is 27.9 Å². The van der Waals surface area contributed by atoms with Gasteiger partial charge in [0.15, 0.2) is 6.61 Å². The van der Waals surface area contributed by atoms with Crippen LogP contribution >= 0.6 is 23.2 Å². The van der Waals surface area contributed by atoms with Crippen LogP contribution in [0, 0.1) is 0 Å². The summed E-state index contributed by atoms with van der Waals surface area (Å²) >= 11 is 11.4. The van der Waals surface area contributed by atoms with Crippen LogP contribution in [0.2, 0.25) is 5.02 Å². The van der Waals surface area contributed by atoms with E-state index in [1.54, 1.807) is 24.3 Å². The van der Waals surface area contributed by atoms with E-state index in [0.717, 1.165) is 19.3 Å². The lowest BCUT2D eigenvalue weighted by molar-refractivity contribution is -0.123. The summed E-state index contributed by atoms with van der Waals surface area (Å²) in [7, 11) is 0. The van der Waals surface area contributed by atoms with Gasteiger partial charge in [-0.05, 0) is 31.0 Å². The minimum Gasteiger partial charge on any atom is -0.484 e. The third-order valence-corrected chi connectivity index (χ3v) is 2.80. The number of nitrogens with one attached hydrogen (secondary N) is 1. The molecule has 0 atom stereocenters. The van der Waals surface area contributed by atoms with E-state index in [1.807, 2.05) is 0 Å². The Morgan fingerprint density at radius 2 is 2.11 bits per heavy atom. The molecule has 1 rings (SSSR count). The highest BCUT2D eigenvalue weighted by molar-refractivity contribution is 6.30. The largest absolute Gasteiger partial charge is 0.484 e. The molecule has 0 fully saturated rings. The Kier molecular flexibility index (Phi) is 7.62. The molecule has 0 radical (unpaired) electrons. The van der Waals surface area contributed by atoms with E-state index >= 15 is 0 Å². The number of benzene rings is 1.